The molecule has 2 aromatic rings. The molecule has 23 heavy (non-hydrogen) atoms. The molecule has 0 N–H and O–H groups in total. The number of benzene rings is 1. The second-order valence-corrected chi connectivity index (χ2v) is 6.76. The van der Waals surface area contributed by atoms with Crippen molar-refractivity contribution in [2.45, 2.75) is 45.5 Å². The van der Waals surface area contributed by atoms with Gasteiger partial charge in [0.25, 0.3) is 0 Å². The molecular weight excluding hydrogens is 289 g/mol. The van der Waals surface area contributed by atoms with E-state index in [4.69, 9.17) is 14.0 Å². The zero-order valence-electron chi connectivity index (χ0n) is 14.1. The van der Waals surface area contributed by atoms with Gasteiger partial charge in [-0.15, -0.1) is 0 Å². The molecule has 0 radical (unpaired) electrons. The largest absolute Gasteiger partial charge is 0.500 e. The summed E-state index contributed by atoms with van der Waals surface area (Å²) in [4.78, 5) is 4.35. The fourth-order valence-electron chi connectivity index (χ4n) is 2.40. The zero-order valence-corrected chi connectivity index (χ0v) is 14.1. The lowest BCUT2D eigenvalue weighted by molar-refractivity contribution is 0.00578. The zero-order chi connectivity index (χ0) is 16.5. The van der Waals surface area contributed by atoms with Crippen LogP contribution in [0.4, 0.5) is 0 Å². The highest BCUT2D eigenvalue weighted by Gasteiger charge is 2.52. The lowest BCUT2D eigenvalue weighted by atomic mass is 9.80. The molecule has 0 aliphatic carbocycles. The Balaban J connectivity index is 1.79. The number of ether oxygens (including phenoxy) is 1. The van der Waals surface area contributed by atoms with Crippen LogP contribution in [0.15, 0.2) is 48.7 Å². The van der Waals surface area contributed by atoms with Gasteiger partial charge in [0.1, 0.15) is 6.61 Å². The number of rotatable bonds is 4. The molecule has 1 aliphatic rings. The van der Waals surface area contributed by atoms with Crippen molar-refractivity contribution >= 4 is 12.6 Å². The Bertz CT molecular complexity index is 657. The van der Waals surface area contributed by atoms with Crippen LogP contribution in [0.2, 0.25) is 0 Å². The third-order valence-electron chi connectivity index (χ3n) is 4.53. The number of aromatic nitrogens is 1. The molecule has 0 unspecified atom stereocenters. The summed E-state index contributed by atoms with van der Waals surface area (Å²) in [6.45, 7) is 8.60. The second kappa shape index (κ2) is 5.98. The lowest BCUT2D eigenvalue weighted by Gasteiger charge is -2.32. The van der Waals surface area contributed by atoms with Crippen LogP contribution in [0.5, 0.6) is 5.88 Å². The maximum absolute atomic E-state index is 6.10. The first-order chi connectivity index (χ1) is 10.9. The van der Waals surface area contributed by atoms with Crippen LogP contribution in [0, 0.1) is 0 Å². The fourth-order valence-corrected chi connectivity index (χ4v) is 2.40. The molecule has 1 aromatic carbocycles. The van der Waals surface area contributed by atoms with Gasteiger partial charge in [-0.2, -0.15) is 0 Å². The Labute approximate surface area is 137 Å². The van der Waals surface area contributed by atoms with E-state index >= 15 is 0 Å². The van der Waals surface area contributed by atoms with Crippen molar-refractivity contribution in [1.82, 2.24) is 4.98 Å². The highest BCUT2D eigenvalue weighted by atomic mass is 16.7. The van der Waals surface area contributed by atoms with Gasteiger partial charge in [0, 0.05) is 11.7 Å². The normalized spacial score (nSPS) is 18.9. The molecule has 0 amide bonds. The van der Waals surface area contributed by atoms with Crippen LogP contribution in [0.3, 0.4) is 0 Å². The van der Waals surface area contributed by atoms with Gasteiger partial charge in [-0.1, -0.05) is 36.4 Å². The fraction of sp³-hybridized carbons (Fsp3) is 0.389. The molecule has 1 saturated heterocycles. The molecule has 4 nitrogen and oxygen atoms in total. The first-order valence-electron chi connectivity index (χ1n) is 7.86. The minimum Gasteiger partial charge on any atom is -0.473 e. The summed E-state index contributed by atoms with van der Waals surface area (Å²) in [6.07, 6.45) is 1.72. The van der Waals surface area contributed by atoms with E-state index in [9.17, 15) is 0 Å². The molecule has 0 spiro atoms. The van der Waals surface area contributed by atoms with Gasteiger partial charge in [-0.05, 0) is 39.3 Å². The van der Waals surface area contributed by atoms with Crippen molar-refractivity contribution < 1.29 is 14.0 Å². The summed E-state index contributed by atoms with van der Waals surface area (Å²) >= 11 is 0. The molecule has 0 saturated carbocycles. The summed E-state index contributed by atoms with van der Waals surface area (Å²) in [7, 11) is -0.473. The minimum atomic E-state index is -0.473. The van der Waals surface area contributed by atoms with Crippen LogP contribution in [0.25, 0.3) is 0 Å². The van der Waals surface area contributed by atoms with E-state index in [0.717, 1.165) is 11.0 Å². The number of nitrogens with zero attached hydrogens (tertiary/aromatic N) is 1. The Morgan fingerprint density at radius 2 is 1.61 bits per heavy atom. The van der Waals surface area contributed by atoms with E-state index in [1.807, 2.05) is 70.2 Å². The Morgan fingerprint density at radius 1 is 0.957 bits per heavy atom. The van der Waals surface area contributed by atoms with Crippen molar-refractivity contribution in [2.75, 3.05) is 0 Å². The van der Waals surface area contributed by atoms with E-state index in [-0.39, 0.29) is 11.2 Å². The summed E-state index contributed by atoms with van der Waals surface area (Å²) < 4.78 is 18.1. The van der Waals surface area contributed by atoms with Gasteiger partial charge in [-0.25, -0.2) is 4.98 Å². The molecule has 0 bridgehead atoms. The van der Waals surface area contributed by atoms with Gasteiger partial charge in [0.2, 0.25) is 5.88 Å². The smallest absolute Gasteiger partial charge is 0.473 e. The molecule has 3 rings (SSSR count). The molecule has 1 aliphatic heterocycles. The van der Waals surface area contributed by atoms with Crippen molar-refractivity contribution in [3.05, 3.63) is 54.2 Å². The van der Waals surface area contributed by atoms with E-state index in [0.29, 0.717) is 12.5 Å². The molecule has 2 heterocycles. The maximum atomic E-state index is 6.10. The summed E-state index contributed by atoms with van der Waals surface area (Å²) in [5.74, 6) is 0.551. The van der Waals surface area contributed by atoms with Crippen LogP contribution in [-0.4, -0.2) is 23.3 Å². The Morgan fingerprint density at radius 3 is 2.26 bits per heavy atom. The van der Waals surface area contributed by atoms with Gasteiger partial charge in [0.05, 0.1) is 11.2 Å². The van der Waals surface area contributed by atoms with Gasteiger partial charge < -0.3 is 14.0 Å². The van der Waals surface area contributed by atoms with E-state index < -0.39 is 7.12 Å². The maximum Gasteiger partial charge on any atom is 0.500 e. The van der Waals surface area contributed by atoms with Crippen LogP contribution in [-0.2, 0) is 15.9 Å². The van der Waals surface area contributed by atoms with Gasteiger partial charge >= 0.3 is 7.12 Å². The monoisotopic (exact) mass is 311 g/mol. The Kier molecular flexibility index (Phi) is 4.17. The van der Waals surface area contributed by atoms with Crippen molar-refractivity contribution in [2.24, 2.45) is 0 Å². The topological polar surface area (TPSA) is 40.6 Å². The molecule has 0 atom stereocenters. The highest BCUT2D eigenvalue weighted by molar-refractivity contribution is 6.63. The molecule has 5 heteroatoms. The van der Waals surface area contributed by atoms with E-state index in [1.165, 1.54) is 0 Å². The molecule has 120 valence electrons. The first-order valence-corrected chi connectivity index (χ1v) is 7.86. The summed E-state index contributed by atoms with van der Waals surface area (Å²) in [6, 6.07) is 13.8. The number of hydrogen-bond donors (Lipinski definition) is 0. The standard InChI is InChI=1S/C18H22BNO3/c1-17(2)18(3,4)23-19(22-17)15-11-8-12-20-16(15)21-13-14-9-6-5-7-10-14/h5-12H,13H2,1-4H3. The van der Waals surface area contributed by atoms with E-state index in [1.54, 1.807) is 6.20 Å². The quantitative estimate of drug-likeness (QED) is 0.814. The predicted octanol–water partition coefficient (Wildman–Crippen LogP) is 2.96. The van der Waals surface area contributed by atoms with Crippen molar-refractivity contribution in [3.8, 4) is 5.88 Å². The average Bonchev–Trinajstić information content (AvgIpc) is 2.75. The van der Waals surface area contributed by atoms with Crippen LogP contribution in [0.1, 0.15) is 33.3 Å². The van der Waals surface area contributed by atoms with E-state index in [2.05, 4.69) is 4.98 Å². The SMILES string of the molecule is CC1(C)OB(c2cccnc2OCc2ccccc2)OC1(C)C. The molecule has 1 aromatic heterocycles. The number of pyridine rings is 1. The third kappa shape index (κ3) is 3.26. The predicted molar refractivity (Wildman–Crippen MR) is 90.7 cm³/mol. The molecule has 1 fully saturated rings. The third-order valence-corrected chi connectivity index (χ3v) is 4.53. The minimum absolute atomic E-state index is 0.385. The van der Waals surface area contributed by atoms with Crippen LogP contribution < -0.4 is 10.2 Å². The van der Waals surface area contributed by atoms with Crippen LogP contribution >= 0.6 is 0 Å². The average molecular weight is 311 g/mol. The lowest BCUT2D eigenvalue weighted by Crippen LogP contribution is -2.41. The summed E-state index contributed by atoms with van der Waals surface area (Å²) in [5.41, 5.74) is 1.15. The van der Waals surface area contributed by atoms with Gasteiger partial charge in [0.15, 0.2) is 0 Å². The van der Waals surface area contributed by atoms with Gasteiger partial charge in [-0.3, -0.25) is 0 Å². The Hall–Kier alpha value is -1.85. The second-order valence-electron chi connectivity index (χ2n) is 6.76. The van der Waals surface area contributed by atoms with Crippen molar-refractivity contribution in [3.63, 3.8) is 0 Å². The highest BCUT2D eigenvalue weighted by Crippen LogP contribution is 2.37. The summed E-state index contributed by atoms with van der Waals surface area (Å²) in [5, 5.41) is 0. The molecular formula is C18H22BNO3. The van der Waals surface area contributed by atoms with Crippen molar-refractivity contribution in [1.29, 1.82) is 0 Å². The number of hydrogen-bond acceptors (Lipinski definition) is 4. The first kappa shape index (κ1) is 16.0.